The average Bonchev–Trinajstić information content (AvgIpc) is 3.18. The van der Waals surface area contributed by atoms with E-state index in [9.17, 15) is 8.78 Å². The zero-order valence-electron chi connectivity index (χ0n) is 10.8. The van der Waals surface area contributed by atoms with Crippen molar-refractivity contribution in [2.75, 3.05) is 13.2 Å². The number of benzene rings is 1. The van der Waals surface area contributed by atoms with Crippen molar-refractivity contribution in [1.82, 2.24) is 5.32 Å². The molecular weight excluding hydrogens is 252 g/mol. The number of aliphatic hydroxyl groups is 1. The Bertz CT molecular complexity index is 399. The monoisotopic (exact) mass is 271 g/mol. The summed E-state index contributed by atoms with van der Waals surface area (Å²) in [7, 11) is 0. The van der Waals surface area contributed by atoms with Gasteiger partial charge in [-0.2, -0.15) is 0 Å². The van der Waals surface area contributed by atoms with Gasteiger partial charge in [0.05, 0.1) is 6.61 Å². The molecule has 3 nitrogen and oxygen atoms in total. The van der Waals surface area contributed by atoms with Crippen molar-refractivity contribution in [1.29, 1.82) is 0 Å². The summed E-state index contributed by atoms with van der Waals surface area (Å²) in [5, 5.41) is 11.8. The van der Waals surface area contributed by atoms with Crippen LogP contribution in [0.25, 0.3) is 0 Å². The van der Waals surface area contributed by atoms with Crippen LogP contribution in [0, 0.1) is 11.6 Å². The van der Waals surface area contributed by atoms with Crippen molar-refractivity contribution in [3.05, 3.63) is 29.3 Å². The Labute approximate surface area is 111 Å². The lowest BCUT2D eigenvalue weighted by Gasteiger charge is -2.10. The molecule has 1 aliphatic carbocycles. The summed E-state index contributed by atoms with van der Waals surface area (Å²) in [5.41, 5.74) is 0.588. The summed E-state index contributed by atoms with van der Waals surface area (Å²) in [6.07, 6.45) is 3.40. The van der Waals surface area contributed by atoms with Crippen molar-refractivity contribution in [3.8, 4) is 5.75 Å². The number of hydrogen-bond acceptors (Lipinski definition) is 3. The fraction of sp³-hybridized carbons (Fsp3) is 0.571. The minimum Gasteiger partial charge on any atom is -0.488 e. The molecule has 0 aromatic heterocycles. The molecule has 1 fully saturated rings. The van der Waals surface area contributed by atoms with Gasteiger partial charge in [-0.25, -0.2) is 8.78 Å². The largest absolute Gasteiger partial charge is 0.488 e. The molecule has 1 aromatic carbocycles. The molecule has 2 N–H and O–H groups in total. The highest BCUT2D eigenvalue weighted by Crippen LogP contribution is 2.25. The predicted octanol–water partition coefficient (Wildman–Crippen LogP) is 2.37. The maximum absolute atomic E-state index is 13.7. The van der Waals surface area contributed by atoms with Gasteiger partial charge in [0.25, 0.3) is 0 Å². The molecule has 1 saturated carbocycles. The van der Waals surface area contributed by atoms with Crippen LogP contribution in [0.3, 0.4) is 0 Å². The number of halogens is 2. The Kier molecular flexibility index (Phi) is 5.10. The van der Waals surface area contributed by atoms with E-state index < -0.39 is 11.6 Å². The van der Waals surface area contributed by atoms with Crippen molar-refractivity contribution in [2.24, 2.45) is 0 Å². The van der Waals surface area contributed by atoms with Gasteiger partial charge in [-0.15, -0.1) is 0 Å². The van der Waals surface area contributed by atoms with Gasteiger partial charge in [-0.1, -0.05) is 0 Å². The maximum Gasteiger partial charge on any atom is 0.190 e. The van der Waals surface area contributed by atoms with Gasteiger partial charge in [-0.05, 0) is 43.4 Å². The minimum absolute atomic E-state index is 0.0557. The zero-order chi connectivity index (χ0) is 13.7. The van der Waals surface area contributed by atoms with E-state index in [4.69, 9.17) is 9.84 Å². The fourth-order valence-corrected chi connectivity index (χ4v) is 1.79. The number of aliphatic hydroxyl groups excluding tert-OH is 1. The number of unbranched alkanes of at least 4 members (excludes halogenated alkanes) is 1. The van der Waals surface area contributed by atoms with Crippen molar-refractivity contribution >= 4 is 0 Å². The van der Waals surface area contributed by atoms with Crippen LogP contribution < -0.4 is 10.1 Å². The molecule has 106 valence electrons. The van der Waals surface area contributed by atoms with Gasteiger partial charge in [-0.3, -0.25) is 0 Å². The van der Waals surface area contributed by atoms with E-state index in [1.807, 2.05) is 0 Å². The third-order valence-electron chi connectivity index (χ3n) is 3.03. The van der Waals surface area contributed by atoms with E-state index in [1.54, 1.807) is 0 Å². The Morgan fingerprint density at radius 1 is 1.21 bits per heavy atom. The molecule has 19 heavy (non-hydrogen) atoms. The third kappa shape index (κ3) is 4.44. The van der Waals surface area contributed by atoms with Gasteiger partial charge in [0.2, 0.25) is 0 Å². The highest BCUT2D eigenvalue weighted by molar-refractivity contribution is 5.31. The second kappa shape index (κ2) is 6.82. The van der Waals surface area contributed by atoms with Crippen LogP contribution in [0.4, 0.5) is 8.78 Å². The third-order valence-corrected chi connectivity index (χ3v) is 3.03. The fourth-order valence-electron chi connectivity index (χ4n) is 1.79. The standard InChI is InChI=1S/C14H19F2NO2/c15-12-7-10(9-17-11-3-4-11)8-13(16)14(12)19-6-2-1-5-18/h7-8,11,17-18H,1-6,9H2. The van der Waals surface area contributed by atoms with Crippen LogP contribution in [0.1, 0.15) is 31.2 Å². The van der Waals surface area contributed by atoms with Crippen LogP contribution >= 0.6 is 0 Å². The Morgan fingerprint density at radius 3 is 2.47 bits per heavy atom. The first-order valence-electron chi connectivity index (χ1n) is 6.65. The second-order valence-electron chi connectivity index (χ2n) is 4.82. The van der Waals surface area contributed by atoms with Crippen LogP contribution in [0.2, 0.25) is 0 Å². The van der Waals surface area contributed by atoms with E-state index in [2.05, 4.69) is 5.32 Å². The molecule has 1 aliphatic rings. The molecular formula is C14H19F2NO2. The van der Waals surface area contributed by atoms with Gasteiger partial charge >= 0.3 is 0 Å². The smallest absolute Gasteiger partial charge is 0.190 e. The first-order chi connectivity index (χ1) is 9.20. The molecule has 0 aliphatic heterocycles. The zero-order valence-corrected chi connectivity index (χ0v) is 10.8. The van der Waals surface area contributed by atoms with E-state index >= 15 is 0 Å². The predicted molar refractivity (Wildman–Crippen MR) is 68.0 cm³/mol. The molecule has 0 saturated heterocycles. The summed E-state index contributed by atoms with van der Waals surface area (Å²) >= 11 is 0. The Balaban J connectivity index is 1.91. The highest BCUT2D eigenvalue weighted by Gasteiger charge is 2.20. The average molecular weight is 271 g/mol. The Hall–Kier alpha value is -1.20. The molecule has 0 atom stereocenters. The lowest BCUT2D eigenvalue weighted by molar-refractivity contribution is 0.242. The molecule has 1 aromatic rings. The number of rotatable bonds is 8. The lowest BCUT2D eigenvalue weighted by atomic mass is 10.2. The molecule has 0 bridgehead atoms. The normalized spacial score (nSPS) is 14.7. The minimum atomic E-state index is -0.670. The Morgan fingerprint density at radius 2 is 1.89 bits per heavy atom. The summed E-state index contributed by atoms with van der Waals surface area (Å²) < 4.78 is 32.5. The van der Waals surface area contributed by atoms with Gasteiger partial charge in [0, 0.05) is 19.2 Å². The number of ether oxygens (including phenoxy) is 1. The molecule has 5 heteroatoms. The molecule has 0 amide bonds. The summed E-state index contributed by atoms with van der Waals surface area (Å²) in [6, 6.07) is 3.11. The van der Waals surface area contributed by atoms with Crippen LogP contribution in [0.15, 0.2) is 12.1 Å². The highest BCUT2D eigenvalue weighted by atomic mass is 19.1. The van der Waals surface area contributed by atoms with Crippen molar-refractivity contribution in [2.45, 2.75) is 38.3 Å². The van der Waals surface area contributed by atoms with E-state index in [0.717, 1.165) is 12.8 Å². The quantitative estimate of drug-likeness (QED) is 0.713. The molecule has 0 radical (unpaired) electrons. The summed E-state index contributed by atoms with van der Waals surface area (Å²) in [5.74, 6) is -1.67. The van der Waals surface area contributed by atoms with Crippen LogP contribution in [-0.4, -0.2) is 24.4 Å². The molecule has 0 unspecified atom stereocenters. The van der Waals surface area contributed by atoms with Gasteiger partial charge in [0.15, 0.2) is 17.4 Å². The van der Waals surface area contributed by atoms with Gasteiger partial charge < -0.3 is 15.2 Å². The first kappa shape index (κ1) is 14.2. The van der Waals surface area contributed by atoms with Gasteiger partial charge in [0.1, 0.15) is 0 Å². The molecule has 2 rings (SSSR count). The van der Waals surface area contributed by atoms with Crippen molar-refractivity contribution in [3.63, 3.8) is 0 Å². The molecule has 0 heterocycles. The topological polar surface area (TPSA) is 41.5 Å². The number of hydrogen-bond donors (Lipinski definition) is 2. The SMILES string of the molecule is OCCCCOc1c(F)cc(CNC2CC2)cc1F. The number of nitrogens with one attached hydrogen (secondary N) is 1. The van der Waals surface area contributed by atoms with Crippen LogP contribution in [0.5, 0.6) is 5.75 Å². The molecule has 0 spiro atoms. The maximum atomic E-state index is 13.7. The second-order valence-corrected chi connectivity index (χ2v) is 4.82. The van der Waals surface area contributed by atoms with Crippen molar-refractivity contribution < 1.29 is 18.6 Å². The summed E-state index contributed by atoms with van der Waals surface area (Å²) in [4.78, 5) is 0. The van der Waals surface area contributed by atoms with E-state index in [0.29, 0.717) is 31.0 Å². The van der Waals surface area contributed by atoms with E-state index in [-0.39, 0.29) is 19.0 Å². The summed E-state index contributed by atoms with van der Waals surface area (Å²) in [6.45, 7) is 0.734. The van der Waals surface area contributed by atoms with Crippen LogP contribution in [-0.2, 0) is 6.54 Å². The van der Waals surface area contributed by atoms with E-state index in [1.165, 1.54) is 12.1 Å². The lowest BCUT2D eigenvalue weighted by Crippen LogP contribution is -2.15. The first-order valence-corrected chi connectivity index (χ1v) is 6.65.